The van der Waals surface area contributed by atoms with Gasteiger partial charge in [0.05, 0.1) is 12.0 Å². The van der Waals surface area contributed by atoms with E-state index in [0.29, 0.717) is 6.61 Å². The van der Waals surface area contributed by atoms with Gasteiger partial charge in [0.15, 0.2) is 0 Å². The van der Waals surface area contributed by atoms with Crippen LogP contribution in [0.2, 0.25) is 0 Å². The predicted molar refractivity (Wildman–Crippen MR) is 60.7 cm³/mol. The zero-order chi connectivity index (χ0) is 11.1. The van der Waals surface area contributed by atoms with E-state index in [9.17, 15) is 4.79 Å². The topological polar surface area (TPSA) is 38.3 Å². The normalized spacial score (nSPS) is 19.9. The van der Waals surface area contributed by atoms with Crippen molar-refractivity contribution in [3.05, 3.63) is 0 Å². The van der Waals surface area contributed by atoms with E-state index >= 15 is 0 Å². The van der Waals surface area contributed by atoms with Crippen LogP contribution in [-0.4, -0.2) is 25.7 Å². The van der Waals surface area contributed by atoms with Crippen molar-refractivity contribution < 1.29 is 9.53 Å². The average molecular weight is 213 g/mol. The van der Waals surface area contributed by atoms with Gasteiger partial charge in [-0.3, -0.25) is 4.79 Å². The largest absolute Gasteiger partial charge is 0.465 e. The molecule has 0 aromatic rings. The molecule has 0 atom stereocenters. The Labute approximate surface area is 92.6 Å². The van der Waals surface area contributed by atoms with E-state index in [-0.39, 0.29) is 11.4 Å². The number of hydrogen-bond acceptors (Lipinski definition) is 3. The molecule has 3 heteroatoms. The van der Waals surface area contributed by atoms with Crippen molar-refractivity contribution >= 4 is 5.97 Å². The smallest absolute Gasteiger partial charge is 0.312 e. The van der Waals surface area contributed by atoms with Gasteiger partial charge in [-0.25, -0.2) is 0 Å². The van der Waals surface area contributed by atoms with E-state index in [2.05, 4.69) is 12.2 Å². The van der Waals surface area contributed by atoms with Gasteiger partial charge in [0.25, 0.3) is 0 Å². The van der Waals surface area contributed by atoms with Crippen molar-refractivity contribution in [2.75, 3.05) is 19.7 Å². The van der Waals surface area contributed by atoms with Gasteiger partial charge in [-0.1, -0.05) is 20.3 Å². The van der Waals surface area contributed by atoms with Crippen molar-refractivity contribution in [3.8, 4) is 0 Å². The molecule has 0 bridgehead atoms. The van der Waals surface area contributed by atoms with Crippen LogP contribution >= 0.6 is 0 Å². The van der Waals surface area contributed by atoms with E-state index < -0.39 is 0 Å². The van der Waals surface area contributed by atoms with E-state index in [1.807, 2.05) is 6.92 Å². The second-order valence-electron chi connectivity index (χ2n) is 4.42. The van der Waals surface area contributed by atoms with E-state index in [0.717, 1.165) is 45.2 Å². The third-order valence-electron chi connectivity index (χ3n) is 3.16. The maximum Gasteiger partial charge on any atom is 0.312 e. The fourth-order valence-corrected chi connectivity index (χ4v) is 2.29. The zero-order valence-corrected chi connectivity index (χ0v) is 9.97. The molecule has 88 valence electrons. The van der Waals surface area contributed by atoms with Gasteiger partial charge in [-0.15, -0.1) is 0 Å². The van der Waals surface area contributed by atoms with Crippen LogP contribution in [0.5, 0.6) is 0 Å². The molecule has 0 amide bonds. The lowest BCUT2D eigenvalue weighted by Crippen LogP contribution is -2.43. The van der Waals surface area contributed by atoms with Crippen LogP contribution in [0.3, 0.4) is 0 Å². The van der Waals surface area contributed by atoms with Gasteiger partial charge in [0, 0.05) is 0 Å². The van der Waals surface area contributed by atoms with E-state index in [1.54, 1.807) is 0 Å². The molecule has 0 radical (unpaired) electrons. The summed E-state index contributed by atoms with van der Waals surface area (Å²) in [7, 11) is 0. The molecule has 1 aliphatic heterocycles. The van der Waals surface area contributed by atoms with Crippen LogP contribution in [0.1, 0.15) is 46.0 Å². The fourth-order valence-electron chi connectivity index (χ4n) is 2.29. The highest BCUT2D eigenvalue weighted by atomic mass is 16.5. The first kappa shape index (κ1) is 12.5. The molecule has 3 nitrogen and oxygen atoms in total. The summed E-state index contributed by atoms with van der Waals surface area (Å²) in [6.07, 6.45) is 4.80. The lowest BCUT2D eigenvalue weighted by molar-refractivity contribution is -0.158. The lowest BCUT2D eigenvalue weighted by atomic mass is 9.75. The van der Waals surface area contributed by atoms with E-state index in [1.165, 1.54) is 0 Å². The summed E-state index contributed by atoms with van der Waals surface area (Å²) in [6.45, 7) is 6.62. The molecule has 1 saturated heterocycles. The summed E-state index contributed by atoms with van der Waals surface area (Å²) in [5.74, 6) is 0.0349. The quantitative estimate of drug-likeness (QED) is 0.711. The monoisotopic (exact) mass is 213 g/mol. The Hall–Kier alpha value is -0.570. The molecular formula is C12H23NO2. The lowest BCUT2D eigenvalue weighted by Gasteiger charge is -2.35. The first-order chi connectivity index (χ1) is 7.25. The van der Waals surface area contributed by atoms with Crippen LogP contribution in [-0.2, 0) is 9.53 Å². The number of carbonyl (C=O) groups excluding carboxylic acids is 1. The van der Waals surface area contributed by atoms with Gasteiger partial charge in [0.1, 0.15) is 0 Å². The SMILES string of the molecule is CCCOC(=O)C1(CCC)CCNCC1. The van der Waals surface area contributed by atoms with Crippen LogP contribution in [0.25, 0.3) is 0 Å². The van der Waals surface area contributed by atoms with E-state index in [4.69, 9.17) is 4.74 Å². The maximum atomic E-state index is 12.0. The Morgan fingerprint density at radius 3 is 2.47 bits per heavy atom. The third-order valence-corrected chi connectivity index (χ3v) is 3.16. The van der Waals surface area contributed by atoms with Gasteiger partial charge in [-0.2, -0.15) is 0 Å². The second-order valence-corrected chi connectivity index (χ2v) is 4.42. The van der Waals surface area contributed by atoms with Gasteiger partial charge >= 0.3 is 5.97 Å². The molecular weight excluding hydrogens is 190 g/mol. The van der Waals surface area contributed by atoms with Crippen LogP contribution < -0.4 is 5.32 Å². The molecule has 0 aliphatic carbocycles. The molecule has 1 fully saturated rings. The molecule has 0 aromatic carbocycles. The van der Waals surface area contributed by atoms with Crippen LogP contribution in [0.4, 0.5) is 0 Å². The number of rotatable bonds is 5. The Morgan fingerprint density at radius 2 is 1.93 bits per heavy atom. The van der Waals surface area contributed by atoms with Crippen molar-refractivity contribution in [3.63, 3.8) is 0 Å². The molecule has 15 heavy (non-hydrogen) atoms. The Balaban J connectivity index is 2.57. The summed E-state index contributed by atoms with van der Waals surface area (Å²) in [5.41, 5.74) is -0.185. The van der Waals surface area contributed by atoms with Crippen molar-refractivity contribution in [1.29, 1.82) is 0 Å². The highest BCUT2D eigenvalue weighted by molar-refractivity contribution is 5.77. The predicted octanol–water partition coefficient (Wildman–Crippen LogP) is 2.11. The third kappa shape index (κ3) is 3.20. The number of ether oxygens (including phenoxy) is 1. The van der Waals surface area contributed by atoms with Crippen molar-refractivity contribution in [2.24, 2.45) is 5.41 Å². The number of piperidine rings is 1. The molecule has 1 heterocycles. The van der Waals surface area contributed by atoms with Gasteiger partial charge in [-0.05, 0) is 38.8 Å². The molecule has 0 aromatic heterocycles. The molecule has 1 rings (SSSR count). The number of carbonyl (C=O) groups is 1. The molecule has 1 N–H and O–H groups in total. The first-order valence-corrected chi connectivity index (χ1v) is 6.13. The zero-order valence-electron chi connectivity index (χ0n) is 9.97. The number of esters is 1. The summed E-state index contributed by atoms with van der Waals surface area (Å²) in [6, 6.07) is 0. The first-order valence-electron chi connectivity index (χ1n) is 6.13. The van der Waals surface area contributed by atoms with Crippen molar-refractivity contribution in [2.45, 2.75) is 46.0 Å². The second kappa shape index (κ2) is 6.11. The van der Waals surface area contributed by atoms with Gasteiger partial charge in [0.2, 0.25) is 0 Å². The summed E-state index contributed by atoms with van der Waals surface area (Å²) in [4.78, 5) is 12.0. The molecule has 0 unspecified atom stereocenters. The standard InChI is InChI=1S/C12H23NO2/c1-3-5-12(6-8-13-9-7-12)11(14)15-10-4-2/h13H,3-10H2,1-2H3. The summed E-state index contributed by atoms with van der Waals surface area (Å²) >= 11 is 0. The molecule has 1 aliphatic rings. The Morgan fingerprint density at radius 1 is 1.27 bits per heavy atom. The fraction of sp³-hybridized carbons (Fsp3) is 0.917. The maximum absolute atomic E-state index is 12.0. The Kier molecular flexibility index (Phi) is 5.09. The van der Waals surface area contributed by atoms with Crippen LogP contribution in [0.15, 0.2) is 0 Å². The molecule has 0 spiro atoms. The highest BCUT2D eigenvalue weighted by Gasteiger charge is 2.39. The van der Waals surface area contributed by atoms with Crippen molar-refractivity contribution in [1.82, 2.24) is 5.32 Å². The minimum Gasteiger partial charge on any atom is -0.465 e. The minimum atomic E-state index is -0.185. The minimum absolute atomic E-state index is 0.0349. The van der Waals surface area contributed by atoms with Crippen LogP contribution in [0, 0.1) is 5.41 Å². The van der Waals surface area contributed by atoms with Gasteiger partial charge < -0.3 is 10.1 Å². The average Bonchev–Trinajstić information content (AvgIpc) is 2.27. The molecule has 0 saturated carbocycles. The highest BCUT2D eigenvalue weighted by Crippen LogP contribution is 2.35. The summed E-state index contributed by atoms with van der Waals surface area (Å²) in [5, 5.41) is 3.30. The Bertz CT molecular complexity index is 192. The number of hydrogen-bond donors (Lipinski definition) is 1. The number of nitrogens with one attached hydrogen (secondary N) is 1. The summed E-state index contributed by atoms with van der Waals surface area (Å²) < 4.78 is 5.32.